The molecule has 2 heterocycles. The van der Waals surface area contributed by atoms with E-state index in [9.17, 15) is 4.79 Å². The van der Waals surface area contributed by atoms with E-state index in [1.165, 1.54) is 30.4 Å². The van der Waals surface area contributed by atoms with Gasteiger partial charge in [-0.05, 0) is 55.4 Å². The lowest BCUT2D eigenvalue weighted by Gasteiger charge is -2.44. The molecule has 2 aromatic carbocycles. The highest BCUT2D eigenvalue weighted by Gasteiger charge is 2.32. The highest BCUT2D eigenvalue weighted by atomic mass is 16.1. The minimum absolute atomic E-state index is 0.0413. The van der Waals surface area contributed by atoms with Crippen molar-refractivity contribution in [3.8, 4) is 0 Å². The first-order chi connectivity index (χ1) is 17.7. The molecule has 0 spiro atoms. The summed E-state index contributed by atoms with van der Waals surface area (Å²) in [6, 6.07) is 19.6. The van der Waals surface area contributed by atoms with Crippen LogP contribution in [0.15, 0.2) is 60.9 Å². The molecule has 2 aliphatic rings. The number of amides is 1. The number of piperazine rings is 1. The molecule has 1 atom stereocenters. The van der Waals surface area contributed by atoms with Gasteiger partial charge in [0, 0.05) is 44.8 Å². The van der Waals surface area contributed by atoms with Crippen LogP contribution in [0, 0.1) is 0 Å². The number of nitrogens with one attached hydrogen (secondary N) is 1. The summed E-state index contributed by atoms with van der Waals surface area (Å²) >= 11 is 0. The topological polar surface area (TPSA) is 66.3 Å². The molecule has 36 heavy (non-hydrogen) atoms. The van der Waals surface area contributed by atoms with Crippen LogP contribution in [-0.4, -0.2) is 69.7 Å². The zero-order valence-electron chi connectivity index (χ0n) is 21.4. The van der Waals surface area contributed by atoms with Crippen molar-refractivity contribution in [3.05, 3.63) is 83.4 Å². The second kappa shape index (κ2) is 11.8. The van der Waals surface area contributed by atoms with Gasteiger partial charge in [-0.1, -0.05) is 48.9 Å². The predicted molar refractivity (Wildman–Crippen MR) is 142 cm³/mol. The Hall–Kier alpha value is -3.03. The summed E-state index contributed by atoms with van der Waals surface area (Å²) in [5.41, 5.74) is 3.24. The number of nitrogens with zero attached hydrogens (tertiary/aromatic N) is 5. The fourth-order valence-electron chi connectivity index (χ4n) is 5.53. The van der Waals surface area contributed by atoms with Gasteiger partial charge in [0.1, 0.15) is 6.33 Å². The average molecular weight is 487 g/mol. The van der Waals surface area contributed by atoms with Crippen molar-refractivity contribution in [2.45, 2.75) is 57.2 Å². The summed E-state index contributed by atoms with van der Waals surface area (Å²) in [6.45, 7) is 5.26. The van der Waals surface area contributed by atoms with Crippen LogP contribution in [0.3, 0.4) is 0 Å². The van der Waals surface area contributed by atoms with Gasteiger partial charge in [0.25, 0.3) is 5.91 Å². The van der Waals surface area contributed by atoms with Crippen molar-refractivity contribution < 1.29 is 4.79 Å². The van der Waals surface area contributed by atoms with Crippen LogP contribution in [0.5, 0.6) is 0 Å². The summed E-state index contributed by atoms with van der Waals surface area (Å²) in [7, 11) is 1.67. The van der Waals surface area contributed by atoms with Gasteiger partial charge in [0.15, 0.2) is 5.82 Å². The van der Waals surface area contributed by atoms with Crippen LogP contribution in [0.25, 0.3) is 0 Å². The predicted octanol–water partition coefficient (Wildman–Crippen LogP) is 3.92. The van der Waals surface area contributed by atoms with E-state index in [1.54, 1.807) is 7.05 Å². The fourth-order valence-corrected chi connectivity index (χ4v) is 5.53. The summed E-state index contributed by atoms with van der Waals surface area (Å²) in [5.74, 6) is 1.03. The van der Waals surface area contributed by atoms with E-state index < -0.39 is 0 Å². The average Bonchev–Trinajstić information content (AvgIpc) is 3.34. The van der Waals surface area contributed by atoms with Gasteiger partial charge >= 0.3 is 0 Å². The first-order valence-corrected chi connectivity index (χ1v) is 13.4. The van der Waals surface area contributed by atoms with Crippen molar-refractivity contribution in [2.75, 3.05) is 33.2 Å². The molecule has 1 amide bonds. The standard InChI is InChI=1S/C29H38N6O/c1-30-29(36)25-15-13-23(14-16-25)9-5-12-27(34-19-17-33(18-20-34)26-10-6-11-26)28-32-31-22-35(28)21-24-7-3-2-4-8-24/h2-4,7-8,13-16,22,26-27H,5-6,9-12,17-21H2,1H3,(H,30,36). The van der Waals surface area contributed by atoms with Crippen molar-refractivity contribution in [3.63, 3.8) is 0 Å². The molecule has 0 bridgehead atoms. The number of rotatable bonds is 10. The molecule has 1 unspecified atom stereocenters. The van der Waals surface area contributed by atoms with Gasteiger partial charge in [-0.25, -0.2) is 0 Å². The molecule has 1 N–H and O–H groups in total. The Kier molecular flexibility index (Phi) is 8.08. The Bertz CT molecular complexity index is 1100. The molecular weight excluding hydrogens is 448 g/mol. The third kappa shape index (κ3) is 5.85. The van der Waals surface area contributed by atoms with Crippen molar-refractivity contribution in [1.29, 1.82) is 0 Å². The Morgan fingerprint density at radius 3 is 2.42 bits per heavy atom. The van der Waals surface area contributed by atoms with E-state index in [0.717, 1.165) is 63.9 Å². The monoisotopic (exact) mass is 486 g/mol. The number of hydrogen-bond donors (Lipinski definition) is 1. The van der Waals surface area contributed by atoms with E-state index in [1.807, 2.05) is 18.5 Å². The summed E-state index contributed by atoms with van der Waals surface area (Å²) < 4.78 is 2.23. The van der Waals surface area contributed by atoms with Crippen LogP contribution < -0.4 is 5.32 Å². The van der Waals surface area contributed by atoms with Crippen molar-refractivity contribution in [1.82, 2.24) is 29.9 Å². The van der Waals surface area contributed by atoms with E-state index in [-0.39, 0.29) is 11.9 Å². The maximum absolute atomic E-state index is 11.9. The summed E-state index contributed by atoms with van der Waals surface area (Å²) in [5, 5.41) is 11.7. The number of carbonyl (C=O) groups is 1. The number of carbonyl (C=O) groups excluding carboxylic acids is 1. The van der Waals surface area contributed by atoms with Gasteiger partial charge in [0.05, 0.1) is 12.6 Å². The lowest BCUT2D eigenvalue weighted by atomic mass is 9.91. The first kappa shape index (κ1) is 24.7. The molecule has 3 aromatic rings. The second-order valence-corrected chi connectivity index (χ2v) is 10.1. The smallest absolute Gasteiger partial charge is 0.251 e. The lowest BCUT2D eigenvalue weighted by molar-refractivity contribution is 0.0373. The molecule has 1 saturated carbocycles. The van der Waals surface area contributed by atoms with Crippen LogP contribution in [-0.2, 0) is 13.0 Å². The van der Waals surface area contributed by atoms with Crippen LogP contribution in [0.1, 0.15) is 65.5 Å². The number of aromatic nitrogens is 3. The second-order valence-electron chi connectivity index (χ2n) is 10.1. The van der Waals surface area contributed by atoms with E-state index in [2.05, 4.69) is 72.3 Å². The zero-order valence-corrected chi connectivity index (χ0v) is 21.4. The highest BCUT2D eigenvalue weighted by Crippen LogP contribution is 2.30. The zero-order chi connectivity index (χ0) is 24.7. The molecule has 2 fully saturated rings. The van der Waals surface area contributed by atoms with Gasteiger partial charge in [0.2, 0.25) is 0 Å². The minimum Gasteiger partial charge on any atom is -0.355 e. The molecule has 7 nitrogen and oxygen atoms in total. The maximum Gasteiger partial charge on any atom is 0.251 e. The normalized spacial score (nSPS) is 18.0. The van der Waals surface area contributed by atoms with Gasteiger partial charge in [-0.3, -0.25) is 14.6 Å². The summed E-state index contributed by atoms with van der Waals surface area (Å²) in [6.07, 6.45) is 9.09. The third-order valence-electron chi connectivity index (χ3n) is 7.91. The highest BCUT2D eigenvalue weighted by molar-refractivity contribution is 5.93. The quantitative estimate of drug-likeness (QED) is 0.471. The Morgan fingerprint density at radius 2 is 1.75 bits per heavy atom. The number of hydrogen-bond acceptors (Lipinski definition) is 5. The lowest BCUT2D eigenvalue weighted by Crippen LogP contribution is -2.53. The van der Waals surface area contributed by atoms with Crippen molar-refractivity contribution in [2.24, 2.45) is 0 Å². The molecule has 7 heteroatoms. The number of aryl methyl sites for hydroxylation is 1. The molecule has 190 valence electrons. The number of benzene rings is 2. The van der Waals surface area contributed by atoms with E-state index >= 15 is 0 Å². The maximum atomic E-state index is 11.9. The van der Waals surface area contributed by atoms with Gasteiger partial charge in [-0.15, -0.1) is 10.2 Å². The molecule has 1 aromatic heterocycles. The first-order valence-electron chi connectivity index (χ1n) is 13.4. The van der Waals surface area contributed by atoms with E-state index in [0.29, 0.717) is 5.56 Å². The SMILES string of the molecule is CNC(=O)c1ccc(CCCC(c2nncn2Cc2ccccc2)N2CCN(C3CCC3)CC2)cc1. The Labute approximate surface area is 214 Å². The summed E-state index contributed by atoms with van der Waals surface area (Å²) in [4.78, 5) is 17.2. The molecule has 1 aliphatic heterocycles. The fraction of sp³-hybridized carbons (Fsp3) is 0.483. The third-order valence-corrected chi connectivity index (χ3v) is 7.91. The van der Waals surface area contributed by atoms with Crippen molar-refractivity contribution >= 4 is 5.91 Å². The molecule has 1 aliphatic carbocycles. The minimum atomic E-state index is -0.0413. The van der Waals surface area contributed by atoms with E-state index in [4.69, 9.17) is 0 Å². The molecule has 1 saturated heterocycles. The molecular formula is C29H38N6O. The van der Waals surface area contributed by atoms with Gasteiger partial charge in [-0.2, -0.15) is 0 Å². The molecule has 5 rings (SSSR count). The largest absolute Gasteiger partial charge is 0.355 e. The van der Waals surface area contributed by atoms with Crippen LogP contribution >= 0.6 is 0 Å². The molecule has 0 radical (unpaired) electrons. The Morgan fingerprint density at radius 1 is 1.00 bits per heavy atom. The van der Waals surface area contributed by atoms with Crippen LogP contribution in [0.4, 0.5) is 0 Å². The van der Waals surface area contributed by atoms with Crippen LogP contribution in [0.2, 0.25) is 0 Å². The van der Waals surface area contributed by atoms with Gasteiger partial charge < -0.3 is 9.88 Å². The Balaban J connectivity index is 1.27.